The van der Waals surface area contributed by atoms with Crippen LogP contribution in [0.3, 0.4) is 0 Å². The second-order valence-electron chi connectivity index (χ2n) is 8.11. The maximum Gasteiger partial charge on any atom is 0.321 e. The highest BCUT2D eigenvalue weighted by Gasteiger charge is 2.23. The Hall–Kier alpha value is -3.43. The van der Waals surface area contributed by atoms with E-state index in [4.69, 9.17) is 4.98 Å². The largest absolute Gasteiger partial charge is 0.322 e. The predicted octanol–water partition coefficient (Wildman–Crippen LogP) is 4.63. The molecule has 34 heavy (non-hydrogen) atoms. The van der Waals surface area contributed by atoms with E-state index in [0.29, 0.717) is 19.6 Å². The van der Waals surface area contributed by atoms with Crippen molar-refractivity contribution in [3.63, 3.8) is 0 Å². The van der Waals surface area contributed by atoms with Crippen LogP contribution in [0.4, 0.5) is 14.9 Å². The number of nitrogens with zero attached hydrogens (tertiary/aromatic N) is 5. The molecule has 1 aliphatic rings. The molecule has 0 unspecified atom stereocenters. The number of anilines is 1. The van der Waals surface area contributed by atoms with Crippen LogP contribution in [-0.2, 0) is 6.54 Å². The van der Waals surface area contributed by atoms with Gasteiger partial charge in [0.1, 0.15) is 17.2 Å². The molecule has 2 aromatic heterocycles. The first-order valence-electron chi connectivity index (χ1n) is 11.1. The fourth-order valence-electron chi connectivity index (χ4n) is 4.14. The minimum Gasteiger partial charge on any atom is -0.322 e. The molecule has 1 aliphatic heterocycles. The van der Waals surface area contributed by atoms with Gasteiger partial charge < -0.3 is 10.2 Å². The lowest BCUT2D eigenvalue weighted by Crippen LogP contribution is -2.49. The molecule has 1 saturated heterocycles. The number of carbonyl (C=O) groups is 1. The van der Waals surface area contributed by atoms with Gasteiger partial charge in [0, 0.05) is 48.6 Å². The smallest absolute Gasteiger partial charge is 0.321 e. The van der Waals surface area contributed by atoms with Crippen LogP contribution in [0, 0.1) is 5.82 Å². The van der Waals surface area contributed by atoms with E-state index in [1.807, 2.05) is 52.1 Å². The van der Waals surface area contributed by atoms with Gasteiger partial charge in [-0.25, -0.2) is 19.2 Å². The Balaban J connectivity index is 1.27. The molecule has 0 spiro atoms. The minimum atomic E-state index is -0.280. The maximum atomic E-state index is 13.5. The van der Waals surface area contributed by atoms with Crippen molar-refractivity contribution in [3.05, 3.63) is 78.5 Å². The molecule has 7 nitrogen and oxygen atoms in total. The van der Waals surface area contributed by atoms with Crippen LogP contribution < -0.4 is 5.32 Å². The van der Waals surface area contributed by atoms with E-state index in [9.17, 15) is 9.18 Å². The molecule has 2 aromatic carbocycles. The quantitative estimate of drug-likeness (QED) is 0.426. The van der Waals surface area contributed by atoms with Crippen molar-refractivity contribution in [1.82, 2.24) is 24.3 Å². The standard InChI is InChI=1S/C25H25FN6OS/c1-34-21-5-2-4-19(16-21)28-25(33)31-14-12-30(13-15-31)17-23-29-22-6-3-11-27-24(22)32(23)20-9-7-18(26)8-10-20/h2-11,16H,12-15,17H2,1H3,(H,28,33). The summed E-state index contributed by atoms with van der Waals surface area (Å²) >= 11 is 1.65. The number of piperazine rings is 1. The summed E-state index contributed by atoms with van der Waals surface area (Å²) in [7, 11) is 0. The van der Waals surface area contributed by atoms with Crippen LogP contribution >= 0.6 is 11.8 Å². The van der Waals surface area contributed by atoms with E-state index in [-0.39, 0.29) is 11.8 Å². The highest BCUT2D eigenvalue weighted by atomic mass is 32.2. The number of halogens is 1. The van der Waals surface area contributed by atoms with Gasteiger partial charge >= 0.3 is 6.03 Å². The molecule has 0 radical (unpaired) electrons. The lowest BCUT2D eigenvalue weighted by molar-refractivity contribution is 0.140. The molecule has 3 heterocycles. The number of amides is 2. The van der Waals surface area contributed by atoms with E-state index in [1.54, 1.807) is 30.1 Å². The highest BCUT2D eigenvalue weighted by molar-refractivity contribution is 7.98. The van der Waals surface area contributed by atoms with E-state index in [0.717, 1.165) is 46.3 Å². The molecular weight excluding hydrogens is 451 g/mol. The SMILES string of the molecule is CSc1cccc(NC(=O)N2CCN(Cc3nc4cccnc4n3-c3ccc(F)cc3)CC2)c1. The van der Waals surface area contributed by atoms with E-state index >= 15 is 0 Å². The van der Waals surface area contributed by atoms with E-state index in [1.165, 1.54) is 12.1 Å². The van der Waals surface area contributed by atoms with Crippen LogP contribution in [0.2, 0.25) is 0 Å². The summed E-state index contributed by atoms with van der Waals surface area (Å²) in [6.07, 6.45) is 3.75. The Morgan fingerprint density at radius 3 is 2.62 bits per heavy atom. The lowest BCUT2D eigenvalue weighted by Gasteiger charge is -2.34. The predicted molar refractivity (Wildman–Crippen MR) is 133 cm³/mol. The van der Waals surface area contributed by atoms with Crippen LogP contribution in [-0.4, -0.2) is 62.8 Å². The number of hydrogen-bond donors (Lipinski definition) is 1. The van der Waals surface area contributed by atoms with Crippen molar-refractivity contribution in [2.45, 2.75) is 11.4 Å². The summed E-state index contributed by atoms with van der Waals surface area (Å²) < 4.78 is 15.5. The number of carbonyl (C=O) groups excluding carboxylic acids is 1. The Bertz CT molecular complexity index is 1300. The van der Waals surface area contributed by atoms with E-state index < -0.39 is 0 Å². The van der Waals surface area contributed by atoms with Crippen LogP contribution in [0.25, 0.3) is 16.9 Å². The van der Waals surface area contributed by atoms with Crippen LogP contribution in [0.5, 0.6) is 0 Å². The highest BCUT2D eigenvalue weighted by Crippen LogP contribution is 2.22. The third kappa shape index (κ3) is 4.76. The third-order valence-electron chi connectivity index (χ3n) is 5.92. The number of benzene rings is 2. The zero-order valence-corrected chi connectivity index (χ0v) is 19.6. The van der Waals surface area contributed by atoms with Crippen LogP contribution in [0.15, 0.2) is 71.8 Å². The van der Waals surface area contributed by atoms with Crippen molar-refractivity contribution in [2.75, 3.05) is 37.8 Å². The van der Waals surface area contributed by atoms with Crippen molar-refractivity contribution in [3.8, 4) is 5.69 Å². The molecule has 9 heteroatoms. The summed E-state index contributed by atoms with van der Waals surface area (Å²) in [5.74, 6) is 0.560. The summed E-state index contributed by atoms with van der Waals surface area (Å²) in [5.41, 5.74) is 3.17. The van der Waals surface area contributed by atoms with Gasteiger partial charge in [-0.3, -0.25) is 9.47 Å². The average Bonchev–Trinajstić information content (AvgIpc) is 3.23. The number of imidazole rings is 1. The number of thioether (sulfide) groups is 1. The average molecular weight is 477 g/mol. The molecule has 2 amide bonds. The van der Waals surface area contributed by atoms with Gasteiger partial charge in [0.25, 0.3) is 0 Å². The van der Waals surface area contributed by atoms with Gasteiger partial charge in [-0.2, -0.15) is 0 Å². The molecular formula is C25H25FN6OS. The number of rotatable bonds is 5. The molecule has 5 rings (SSSR count). The fourth-order valence-corrected chi connectivity index (χ4v) is 4.60. The number of urea groups is 1. The second-order valence-corrected chi connectivity index (χ2v) is 8.99. The van der Waals surface area contributed by atoms with Crippen LogP contribution in [0.1, 0.15) is 5.82 Å². The summed E-state index contributed by atoms with van der Waals surface area (Å²) in [6, 6.07) is 17.9. The first-order chi connectivity index (χ1) is 16.6. The van der Waals surface area contributed by atoms with Gasteiger partial charge in [0.15, 0.2) is 5.65 Å². The Labute approximate surface area is 201 Å². The molecule has 174 valence electrons. The molecule has 1 N–H and O–H groups in total. The van der Waals surface area contributed by atoms with Gasteiger partial charge in [-0.05, 0) is 60.9 Å². The van der Waals surface area contributed by atoms with Crippen molar-refractivity contribution < 1.29 is 9.18 Å². The summed E-state index contributed by atoms with van der Waals surface area (Å²) in [6.45, 7) is 3.34. The monoisotopic (exact) mass is 476 g/mol. The molecule has 4 aromatic rings. The Morgan fingerprint density at radius 1 is 1.06 bits per heavy atom. The number of nitrogens with one attached hydrogen (secondary N) is 1. The van der Waals surface area contributed by atoms with Gasteiger partial charge in [0.05, 0.1) is 6.54 Å². The normalized spacial score (nSPS) is 14.5. The molecule has 0 saturated carbocycles. The Kier molecular flexibility index (Phi) is 6.46. The fraction of sp³-hybridized carbons (Fsp3) is 0.240. The first-order valence-corrected chi connectivity index (χ1v) is 12.3. The number of aromatic nitrogens is 3. The third-order valence-corrected chi connectivity index (χ3v) is 6.64. The zero-order valence-electron chi connectivity index (χ0n) is 18.8. The minimum absolute atomic E-state index is 0.0827. The summed E-state index contributed by atoms with van der Waals surface area (Å²) in [4.78, 5) is 27.3. The van der Waals surface area contributed by atoms with Crippen molar-refractivity contribution in [2.24, 2.45) is 0 Å². The molecule has 0 aliphatic carbocycles. The van der Waals surface area contributed by atoms with Crippen molar-refractivity contribution >= 4 is 34.6 Å². The molecule has 0 atom stereocenters. The second kappa shape index (κ2) is 9.82. The van der Waals surface area contributed by atoms with Crippen molar-refractivity contribution in [1.29, 1.82) is 0 Å². The Morgan fingerprint density at radius 2 is 1.85 bits per heavy atom. The number of fused-ring (bicyclic) bond motifs is 1. The number of hydrogen-bond acceptors (Lipinski definition) is 5. The number of pyridine rings is 1. The van der Waals surface area contributed by atoms with Gasteiger partial charge in [-0.1, -0.05) is 6.07 Å². The topological polar surface area (TPSA) is 66.3 Å². The van der Waals surface area contributed by atoms with Gasteiger partial charge in [0.2, 0.25) is 0 Å². The zero-order chi connectivity index (χ0) is 23.5. The molecule has 1 fully saturated rings. The first kappa shape index (κ1) is 22.4. The maximum absolute atomic E-state index is 13.5. The lowest BCUT2D eigenvalue weighted by atomic mass is 10.3. The summed E-state index contributed by atoms with van der Waals surface area (Å²) in [5, 5.41) is 3.00. The van der Waals surface area contributed by atoms with Gasteiger partial charge in [-0.15, -0.1) is 11.8 Å². The van der Waals surface area contributed by atoms with E-state index in [2.05, 4.69) is 15.2 Å². The molecule has 0 bridgehead atoms.